The van der Waals surface area contributed by atoms with Crippen molar-refractivity contribution in [2.75, 3.05) is 5.32 Å². The number of carbonyl (C=O) groups excluding carboxylic acids is 3. The first-order valence-corrected chi connectivity index (χ1v) is 8.37. The molecule has 0 unspecified atom stereocenters. The van der Waals surface area contributed by atoms with Crippen LogP contribution in [0.5, 0.6) is 0 Å². The summed E-state index contributed by atoms with van der Waals surface area (Å²) in [6.07, 6.45) is 0.120. The highest BCUT2D eigenvalue weighted by atomic mass is 16.2. The molecule has 0 radical (unpaired) electrons. The lowest BCUT2D eigenvalue weighted by molar-refractivity contribution is -0.124. The number of ketones is 2. The minimum atomic E-state index is -0.739. The van der Waals surface area contributed by atoms with Crippen LogP contribution in [0.25, 0.3) is 0 Å². The fourth-order valence-corrected chi connectivity index (χ4v) is 2.49. The van der Waals surface area contributed by atoms with Crippen molar-refractivity contribution in [1.29, 1.82) is 0 Å². The molecule has 0 aliphatic carbocycles. The molecule has 0 fully saturated rings. The van der Waals surface area contributed by atoms with Gasteiger partial charge in [0.1, 0.15) is 5.78 Å². The molecule has 0 heterocycles. The average molecular weight is 337 g/mol. The van der Waals surface area contributed by atoms with Gasteiger partial charge in [-0.05, 0) is 44.0 Å². The number of hydrogen-bond donors (Lipinski definition) is 1. The lowest BCUT2D eigenvalue weighted by atomic mass is 9.93. The molecule has 0 bridgehead atoms. The van der Waals surface area contributed by atoms with E-state index in [1.807, 2.05) is 38.1 Å². The molecule has 0 spiro atoms. The Labute approximate surface area is 148 Å². The molecule has 0 saturated carbocycles. The predicted molar refractivity (Wildman–Crippen MR) is 98.7 cm³/mol. The van der Waals surface area contributed by atoms with Crippen molar-refractivity contribution in [3.63, 3.8) is 0 Å². The number of benzene rings is 2. The predicted octanol–water partition coefficient (Wildman–Crippen LogP) is 4.11. The third kappa shape index (κ3) is 5.11. The summed E-state index contributed by atoms with van der Waals surface area (Å²) in [5, 5.41) is 2.79. The van der Waals surface area contributed by atoms with Crippen LogP contribution >= 0.6 is 0 Å². The molecule has 25 heavy (non-hydrogen) atoms. The Hall–Kier alpha value is -2.75. The summed E-state index contributed by atoms with van der Waals surface area (Å²) in [6.45, 7) is 5.58. The van der Waals surface area contributed by atoms with Gasteiger partial charge in [-0.25, -0.2) is 0 Å². The van der Waals surface area contributed by atoms with Crippen molar-refractivity contribution in [2.45, 2.75) is 33.6 Å². The minimum Gasteiger partial charge on any atom is -0.326 e. The van der Waals surface area contributed by atoms with Crippen LogP contribution in [0.15, 0.2) is 48.5 Å². The van der Waals surface area contributed by atoms with Gasteiger partial charge < -0.3 is 5.32 Å². The lowest BCUT2D eigenvalue weighted by Gasteiger charge is -2.10. The van der Waals surface area contributed by atoms with Gasteiger partial charge in [-0.1, -0.05) is 36.4 Å². The Balaban J connectivity index is 1.87. The Morgan fingerprint density at radius 1 is 0.920 bits per heavy atom. The molecule has 0 aromatic heterocycles. The van der Waals surface area contributed by atoms with Gasteiger partial charge in [0.25, 0.3) is 0 Å². The maximum Gasteiger partial charge on any atom is 0.224 e. The fourth-order valence-electron chi connectivity index (χ4n) is 2.49. The summed E-state index contributed by atoms with van der Waals surface area (Å²) in [6, 6.07) is 14.4. The molecular weight excluding hydrogens is 314 g/mol. The van der Waals surface area contributed by atoms with E-state index >= 15 is 0 Å². The zero-order chi connectivity index (χ0) is 18.4. The van der Waals surface area contributed by atoms with E-state index in [-0.39, 0.29) is 30.3 Å². The summed E-state index contributed by atoms with van der Waals surface area (Å²) in [5.41, 5.74) is 3.48. The van der Waals surface area contributed by atoms with E-state index in [4.69, 9.17) is 0 Å². The number of hydrogen-bond acceptors (Lipinski definition) is 3. The number of carbonyl (C=O) groups is 3. The van der Waals surface area contributed by atoms with Crippen molar-refractivity contribution in [3.8, 4) is 0 Å². The van der Waals surface area contributed by atoms with Crippen LogP contribution in [0, 0.1) is 19.8 Å². The Morgan fingerprint density at radius 2 is 1.60 bits per heavy atom. The van der Waals surface area contributed by atoms with E-state index in [1.54, 1.807) is 31.2 Å². The van der Waals surface area contributed by atoms with Gasteiger partial charge in [0.2, 0.25) is 5.91 Å². The number of rotatable bonds is 7. The van der Waals surface area contributed by atoms with E-state index in [9.17, 15) is 14.4 Å². The van der Waals surface area contributed by atoms with Gasteiger partial charge >= 0.3 is 0 Å². The molecule has 130 valence electrons. The summed E-state index contributed by atoms with van der Waals surface area (Å²) in [4.78, 5) is 36.5. The second-order valence-electron chi connectivity index (χ2n) is 6.27. The third-order valence-corrected chi connectivity index (χ3v) is 4.32. The largest absolute Gasteiger partial charge is 0.326 e. The van der Waals surface area contributed by atoms with E-state index in [1.165, 1.54) is 0 Å². The van der Waals surface area contributed by atoms with Crippen molar-refractivity contribution in [2.24, 2.45) is 5.92 Å². The molecule has 1 amide bonds. The SMILES string of the molecule is Cc1ccc(NC(=O)CCC(=O)[C@H](C)C(=O)c2ccccc2)cc1C. The summed E-state index contributed by atoms with van der Waals surface area (Å²) in [7, 11) is 0. The highest BCUT2D eigenvalue weighted by Crippen LogP contribution is 2.16. The van der Waals surface area contributed by atoms with E-state index in [0.717, 1.165) is 11.1 Å². The normalized spacial score (nSPS) is 11.6. The van der Waals surface area contributed by atoms with Crippen LogP contribution in [-0.2, 0) is 9.59 Å². The maximum atomic E-state index is 12.3. The number of aryl methyl sites for hydroxylation is 2. The van der Waals surface area contributed by atoms with Gasteiger partial charge in [0.15, 0.2) is 5.78 Å². The van der Waals surface area contributed by atoms with Gasteiger partial charge in [0.05, 0.1) is 5.92 Å². The monoisotopic (exact) mass is 337 g/mol. The smallest absolute Gasteiger partial charge is 0.224 e. The average Bonchev–Trinajstić information content (AvgIpc) is 2.62. The van der Waals surface area contributed by atoms with Crippen LogP contribution in [0.1, 0.15) is 41.3 Å². The van der Waals surface area contributed by atoms with Gasteiger partial charge in [-0.15, -0.1) is 0 Å². The molecule has 2 rings (SSSR count). The molecule has 4 nitrogen and oxygen atoms in total. The first-order chi connectivity index (χ1) is 11.9. The summed E-state index contributed by atoms with van der Waals surface area (Å²) < 4.78 is 0. The quantitative estimate of drug-likeness (QED) is 0.611. The van der Waals surface area contributed by atoms with Gasteiger partial charge in [-0.3, -0.25) is 14.4 Å². The number of nitrogens with one attached hydrogen (secondary N) is 1. The molecule has 2 aromatic carbocycles. The van der Waals surface area contributed by atoms with Crippen LogP contribution in [0.4, 0.5) is 5.69 Å². The first-order valence-electron chi connectivity index (χ1n) is 8.37. The molecule has 2 aromatic rings. The topological polar surface area (TPSA) is 63.2 Å². The summed E-state index contributed by atoms with van der Waals surface area (Å²) in [5.74, 6) is -1.39. The number of amides is 1. The molecular formula is C21H23NO3. The van der Waals surface area contributed by atoms with Crippen LogP contribution in [0.2, 0.25) is 0 Å². The molecule has 0 aliphatic heterocycles. The summed E-state index contributed by atoms with van der Waals surface area (Å²) >= 11 is 0. The standard InChI is InChI=1S/C21H23NO3/c1-14-9-10-18(13-15(14)2)22-20(24)12-11-19(23)16(3)21(25)17-7-5-4-6-8-17/h4-10,13,16H,11-12H2,1-3H3,(H,22,24)/t16-/m0/s1. The second kappa shape index (κ2) is 8.38. The number of Topliss-reactive ketones (excluding diaryl/α,β-unsaturated/α-hetero) is 2. The second-order valence-corrected chi connectivity index (χ2v) is 6.27. The molecule has 0 saturated heterocycles. The van der Waals surface area contributed by atoms with E-state index in [0.29, 0.717) is 11.3 Å². The molecule has 4 heteroatoms. The Morgan fingerprint density at radius 3 is 2.24 bits per heavy atom. The van der Waals surface area contributed by atoms with Crippen molar-refractivity contribution in [1.82, 2.24) is 0 Å². The Kier molecular flexibility index (Phi) is 6.23. The minimum absolute atomic E-state index is 0.0520. The zero-order valence-corrected chi connectivity index (χ0v) is 14.8. The van der Waals surface area contributed by atoms with E-state index < -0.39 is 5.92 Å². The fraction of sp³-hybridized carbons (Fsp3) is 0.286. The van der Waals surface area contributed by atoms with Crippen LogP contribution < -0.4 is 5.32 Å². The molecule has 0 aliphatic rings. The Bertz CT molecular complexity index is 781. The highest BCUT2D eigenvalue weighted by molar-refractivity contribution is 6.10. The van der Waals surface area contributed by atoms with Gasteiger partial charge in [0, 0.05) is 24.1 Å². The third-order valence-electron chi connectivity index (χ3n) is 4.32. The van der Waals surface area contributed by atoms with Gasteiger partial charge in [-0.2, -0.15) is 0 Å². The lowest BCUT2D eigenvalue weighted by Crippen LogP contribution is -2.23. The van der Waals surface area contributed by atoms with E-state index in [2.05, 4.69) is 5.32 Å². The van der Waals surface area contributed by atoms with Crippen molar-refractivity contribution in [3.05, 3.63) is 65.2 Å². The zero-order valence-electron chi connectivity index (χ0n) is 14.8. The first kappa shape index (κ1) is 18.6. The molecule has 1 N–H and O–H groups in total. The van der Waals surface area contributed by atoms with Crippen molar-refractivity contribution < 1.29 is 14.4 Å². The molecule has 1 atom stereocenters. The number of anilines is 1. The van der Waals surface area contributed by atoms with Crippen molar-refractivity contribution >= 4 is 23.2 Å². The maximum absolute atomic E-state index is 12.3. The highest BCUT2D eigenvalue weighted by Gasteiger charge is 2.22. The van der Waals surface area contributed by atoms with Crippen LogP contribution in [0.3, 0.4) is 0 Å². The van der Waals surface area contributed by atoms with Crippen LogP contribution in [-0.4, -0.2) is 17.5 Å².